The van der Waals surface area contributed by atoms with Crippen LogP contribution in [-0.4, -0.2) is 0 Å². The van der Waals surface area contributed by atoms with Gasteiger partial charge in [-0.25, -0.2) is 0 Å². The highest BCUT2D eigenvalue weighted by Gasteiger charge is 2.28. The fourth-order valence-electron chi connectivity index (χ4n) is 2.15. The maximum Gasteiger partial charge on any atom is 0.150 e. The first-order valence-corrected chi connectivity index (χ1v) is 5.81. The van der Waals surface area contributed by atoms with E-state index < -0.39 is 0 Å². The molecule has 2 aromatic carbocycles. The van der Waals surface area contributed by atoms with Crippen LogP contribution in [-0.2, 0) is 5.60 Å². The van der Waals surface area contributed by atoms with Crippen molar-refractivity contribution in [1.29, 1.82) is 0 Å². The molecule has 84 valence electrons. The number of benzene rings is 2. The average Bonchev–Trinajstić information content (AvgIpc) is 2.40. The van der Waals surface area contributed by atoms with Crippen molar-refractivity contribution in [2.45, 2.75) is 12.5 Å². The maximum atomic E-state index is 6.12. The Morgan fingerprint density at radius 1 is 0.882 bits per heavy atom. The van der Waals surface area contributed by atoms with Gasteiger partial charge in [-0.3, -0.25) is 0 Å². The lowest BCUT2D eigenvalue weighted by Crippen LogP contribution is -2.28. The molecule has 1 atom stereocenters. The zero-order valence-corrected chi connectivity index (χ0v) is 9.76. The Morgan fingerprint density at radius 2 is 1.59 bits per heavy atom. The molecule has 0 aromatic heterocycles. The molecule has 0 amide bonds. The van der Waals surface area contributed by atoms with Crippen LogP contribution in [0.3, 0.4) is 0 Å². The SMILES string of the molecule is C[C@@]1(c2ccccc2)C=Cc2ccccc2O1. The van der Waals surface area contributed by atoms with E-state index in [0.717, 1.165) is 11.3 Å². The second kappa shape index (κ2) is 3.77. The van der Waals surface area contributed by atoms with Gasteiger partial charge in [0.15, 0.2) is 0 Å². The second-order valence-electron chi connectivity index (χ2n) is 4.45. The molecule has 0 fully saturated rings. The van der Waals surface area contributed by atoms with Crippen molar-refractivity contribution in [1.82, 2.24) is 0 Å². The van der Waals surface area contributed by atoms with Gasteiger partial charge in [0.05, 0.1) is 0 Å². The van der Waals surface area contributed by atoms with E-state index in [1.165, 1.54) is 5.56 Å². The van der Waals surface area contributed by atoms with Crippen LogP contribution in [0, 0.1) is 0 Å². The highest BCUT2D eigenvalue weighted by Crippen LogP contribution is 2.36. The van der Waals surface area contributed by atoms with Crippen molar-refractivity contribution in [2.24, 2.45) is 0 Å². The zero-order chi connectivity index (χ0) is 11.7. The molecule has 0 aliphatic carbocycles. The van der Waals surface area contributed by atoms with E-state index in [9.17, 15) is 0 Å². The summed E-state index contributed by atoms with van der Waals surface area (Å²) in [5.74, 6) is 0.946. The zero-order valence-electron chi connectivity index (χ0n) is 9.76. The summed E-state index contributed by atoms with van der Waals surface area (Å²) in [7, 11) is 0. The molecular formula is C16H14O. The molecule has 1 aliphatic rings. The van der Waals surface area contributed by atoms with E-state index in [2.05, 4.69) is 37.3 Å². The topological polar surface area (TPSA) is 9.23 Å². The summed E-state index contributed by atoms with van der Waals surface area (Å²) in [6.45, 7) is 2.09. The smallest absolute Gasteiger partial charge is 0.150 e. The standard InChI is InChI=1S/C16H14O/c1-16(14-8-3-2-4-9-14)12-11-13-7-5-6-10-15(13)17-16/h2-12H,1H3/t16-/m0/s1. The van der Waals surface area contributed by atoms with Gasteiger partial charge in [0, 0.05) is 5.56 Å². The van der Waals surface area contributed by atoms with E-state index in [1.54, 1.807) is 0 Å². The van der Waals surface area contributed by atoms with Gasteiger partial charge in [-0.05, 0) is 24.6 Å². The van der Waals surface area contributed by atoms with Gasteiger partial charge in [0.1, 0.15) is 11.4 Å². The summed E-state index contributed by atoms with van der Waals surface area (Å²) in [4.78, 5) is 0. The van der Waals surface area contributed by atoms with Crippen LogP contribution in [0.1, 0.15) is 18.1 Å². The van der Waals surface area contributed by atoms with Crippen LogP contribution in [0.2, 0.25) is 0 Å². The molecule has 1 nitrogen and oxygen atoms in total. The summed E-state index contributed by atoms with van der Waals surface area (Å²) in [6.07, 6.45) is 4.25. The third kappa shape index (κ3) is 1.74. The third-order valence-electron chi connectivity index (χ3n) is 3.17. The first kappa shape index (κ1) is 10.2. The molecule has 0 spiro atoms. The second-order valence-corrected chi connectivity index (χ2v) is 4.45. The number of rotatable bonds is 1. The lowest BCUT2D eigenvalue weighted by atomic mass is 9.92. The van der Waals surface area contributed by atoms with Gasteiger partial charge in [-0.1, -0.05) is 54.6 Å². The lowest BCUT2D eigenvalue weighted by Gasteiger charge is -2.32. The lowest BCUT2D eigenvalue weighted by molar-refractivity contribution is 0.138. The molecule has 0 unspecified atom stereocenters. The number of ether oxygens (including phenoxy) is 1. The fourth-order valence-corrected chi connectivity index (χ4v) is 2.15. The molecule has 0 saturated carbocycles. The summed E-state index contributed by atoms with van der Waals surface area (Å²) < 4.78 is 6.12. The van der Waals surface area contributed by atoms with Crippen LogP contribution in [0.15, 0.2) is 60.7 Å². The van der Waals surface area contributed by atoms with Gasteiger partial charge in [0.25, 0.3) is 0 Å². The van der Waals surface area contributed by atoms with E-state index in [1.807, 2.05) is 36.4 Å². The Kier molecular flexibility index (Phi) is 2.25. The van der Waals surface area contributed by atoms with E-state index in [-0.39, 0.29) is 5.60 Å². The minimum atomic E-state index is -0.365. The molecule has 0 N–H and O–H groups in total. The summed E-state index contributed by atoms with van der Waals surface area (Å²) in [5.41, 5.74) is 1.95. The number of hydrogen-bond acceptors (Lipinski definition) is 1. The number of fused-ring (bicyclic) bond motifs is 1. The molecule has 1 heterocycles. The third-order valence-corrected chi connectivity index (χ3v) is 3.17. The molecule has 2 aromatic rings. The van der Waals surface area contributed by atoms with Crippen molar-refractivity contribution in [3.63, 3.8) is 0 Å². The number of para-hydroxylation sites is 1. The van der Waals surface area contributed by atoms with Crippen LogP contribution in [0.25, 0.3) is 6.08 Å². The number of hydrogen-bond donors (Lipinski definition) is 0. The van der Waals surface area contributed by atoms with Crippen molar-refractivity contribution in [3.8, 4) is 5.75 Å². The Balaban J connectivity index is 2.04. The van der Waals surface area contributed by atoms with Gasteiger partial charge < -0.3 is 4.74 Å². The van der Waals surface area contributed by atoms with E-state index in [0.29, 0.717) is 0 Å². The Hall–Kier alpha value is -2.02. The normalized spacial score (nSPS) is 21.7. The molecule has 1 heteroatoms. The highest BCUT2D eigenvalue weighted by molar-refractivity contribution is 5.61. The van der Waals surface area contributed by atoms with E-state index in [4.69, 9.17) is 4.74 Å². The summed E-state index contributed by atoms with van der Waals surface area (Å²) in [6, 6.07) is 18.4. The molecule has 0 saturated heterocycles. The molecule has 0 radical (unpaired) electrons. The summed E-state index contributed by atoms with van der Waals surface area (Å²) >= 11 is 0. The molecule has 3 rings (SSSR count). The monoisotopic (exact) mass is 222 g/mol. The van der Waals surface area contributed by atoms with Crippen LogP contribution in [0.4, 0.5) is 0 Å². The molecule has 1 aliphatic heterocycles. The predicted molar refractivity (Wildman–Crippen MR) is 69.9 cm³/mol. The fraction of sp³-hybridized carbons (Fsp3) is 0.125. The van der Waals surface area contributed by atoms with Gasteiger partial charge in [0.2, 0.25) is 0 Å². The Bertz CT molecular complexity index is 557. The predicted octanol–water partition coefficient (Wildman–Crippen LogP) is 4.01. The van der Waals surface area contributed by atoms with E-state index >= 15 is 0 Å². The quantitative estimate of drug-likeness (QED) is 0.708. The minimum Gasteiger partial charge on any atom is -0.478 e. The molecule has 0 bridgehead atoms. The largest absolute Gasteiger partial charge is 0.478 e. The maximum absolute atomic E-state index is 6.12. The molecular weight excluding hydrogens is 208 g/mol. The van der Waals surface area contributed by atoms with Gasteiger partial charge in [-0.15, -0.1) is 0 Å². The van der Waals surface area contributed by atoms with Gasteiger partial charge >= 0.3 is 0 Å². The van der Waals surface area contributed by atoms with Crippen molar-refractivity contribution < 1.29 is 4.74 Å². The van der Waals surface area contributed by atoms with Crippen LogP contribution in [0.5, 0.6) is 5.75 Å². The van der Waals surface area contributed by atoms with Crippen LogP contribution < -0.4 is 4.74 Å². The summed E-state index contributed by atoms with van der Waals surface area (Å²) in [5, 5.41) is 0. The average molecular weight is 222 g/mol. The van der Waals surface area contributed by atoms with Gasteiger partial charge in [-0.2, -0.15) is 0 Å². The minimum absolute atomic E-state index is 0.365. The van der Waals surface area contributed by atoms with Crippen LogP contribution >= 0.6 is 0 Å². The Morgan fingerprint density at radius 3 is 2.41 bits per heavy atom. The molecule has 17 heavy (non-hydrogen) atoms. The van der Waals surface area contributed by atoms with Crippen molar-refractivity contribution in [2.75, 3.05) is 0 Å². The Labute approximate surface area is 101 Å². The first-order valence-electron chi connectivity index (χ1n) is 5.81. The van der Waals surface area contributed by atoms with Crippen molar-refractivity contribution >= 4 is 6.08 Å². The first-order chi connectivity index (χ1) is 8.28. The highest BCUT2D eigenvalue weighted by atomic mass is 16.5. The van der Waals surface area contributed by atoms with Crippen molar-refractivity contribution in [3.05, 3.63) is 71.8 Å².